The Morgan fingerprint density at radius 2 is 0.821 bits per heavy atom. The molecule has 6 nitrogen and oxygen atoms in total. The first-order valence-electron chi connectivity index (χ1n) is 28.4. The summed E-state index contributed by atoms with van der Waals surface area (Å²) in [5.74, 6) is -0.539. The van der Waals surface area contributed by atoms with Crippen molar-refractivity contribution in [3.05, 3.63) is 85.1 Å². The minimum Gasteiger partial charge on any atom is -0.462 e. The van der Waals surface area contributed by atoms with Gasteiger partial charge in [-0.2, -0.15) is 0 Å². The van der Waals surface area contributed by atoms with Crippen molar-refractivity contribution in [1.29, 1.82) is 0 Å². The molecule has 1 amide bonds. The first-order valence-corrected chi connectivity index (χ1v) is 28.4. The number of hydrogen-bond donors (Lipinski definition) is 3. The zero-order valence-electron chi connectivity index (χ0n) is 44.0. The molecule has 0 spiro atoms. The molecule has 0 rings (SSSR count). The Morgan fingerprint density at radius 3 is 1.28 bits per heavy atom. The Labute approximate surface area is 414 Å². The van der Waals surface area contributed by atoms with Crippen LogP contribution in [0.3, 0.4) is 0 Å². The lowest BCUT2D eigenvalue weighted by atomic mass is 10.0. The molecule has 0 aliphatic rings. The zero-order valence-corrected chi connectivity index (χ0v) is 44.0. The molecule has 3 N–H and O–H groups in total. The number of aliphatic hydroxyl groups is 2. The summed E-state index contributed by atoms with van der Waals surface area (Å²) in [6.45, 7) is 6.34. The summed E-state index contributed by atoms with van der Waals surface area (Å²) < 4.78 is 5.93. The normalized spacial score (nSPS) is 13.8. The van der Waals surface area contributed by atoms with Gasteiger partial charge in [-0.3, -0.25) is 9.59 Å². The van der Waals surface area contributed by atoms with E-state index in [-0.39, 0.29) is 24.9 Å². The van der Waals surface area contributed by atoms with Gasteiger partial charge in [-0.15, -0.1) is 0 Å². The lowest BCUT2D eigenvalue weighted by Crippen LogP contribution is -2.46. The molecular weight excluding hydrogens is 827 g/mol. The molecule has 0 saturated carbocycles. The number of hydrogen-bond acceptors (Lipinski definition) is 5. The van der Waals surface area contributed by atoms with E-state index in [2.05, 4.69) is 62.5 Å². The Kier molecular flexibility index (Phi) is 51.6. The SMILES string of the molecule is CC\C=C/C=C/C=C/C=C\C=C\C=C\CCCCCC(=O)OC(CCCCC/C=C/CCCCCCCCC)CC(=O)NC(CO)C(O)CCCCCCCCCCCCCCCCCCC. The van der Waals surface area contributed by atoms with Crippen LogP contribution in [0.15, 0.2) is 85.1 Å². The number of nitrogens with one attached hydrogen (secondary N) is 1. The Bertz CT molecular complexity index is 1280. The topological polar surface area (TPSA) is 95.9 Å². The summed E-state index contributed by atoms with van der Waals surface area (Å²) in [7, 11) is 0. The van der Waals surface area contributed by atoms with Gasteiger partial charge in [-0.25, -0.2) is 0 Å². The fourth-order valence-corrected chi connectivity index (χ4v) is 8.34. The maximum Gasteiger partial charge on any atom is 0.306 e. The first kappa shape index (κ1) is 64.0. The van der Waals surface area contributed by atoms with Crippen molar-refractivity contribution in [2.45, 2.75) is 283 Å². The largest absolute Gasteiger partial charge is 0.462 e. The maximum absolute atomic E-state index is 13.3. The van der Waals surface area contributed by atoms with Gasteiger partial charge < -0.3 is 20.3 Å². The quantitative estimate of drug-likeness (QED) is 0.0244. The number of allylic oxidation sites excluding steroid dienone is 14. The van der Waals surface area contributed by atoms with Crippen molar-refractivity contribution in [2.75, 3.05) is 6.61 Å². The van der Waals surface area contributed by atoms with E-state index in [0.717, 1.165) is 83.5 Å². The van der Waals surface area contributed by atoms with Gasteiger partial charge in [0.2, 0.25) is 5.91 Å². The summed E-state index contributed by atoms with van der Waals surface area (Å²) in [5, 5.41) is 23.9. The smallest absolute Gasteiger partial charge is 0.306 e. The Morgan fingerprint density at radius 1 is 0.448 bits per heavy atom. The van der Waals surface area contributed by atoms with Gasteiger partial charge in [-0.1, -0.05) is 266 Å². The fraction of sp³-hybridized carbons (Fsp3) is 0.738. The molecule has 0 aliphatic carbocycles. The standard InChI is InChI=1S/C61H107NO5/c1-4-7-10-13-16-19-22-25-28-30-32-35-38-41-44-47-50-53-59(64)58(56-63)62-60(65)55-57(52-49-46-43-40-37-34-27-24-21-18-15-12-9-6-3)67-61(66)54-51-48-45-42-39-36-33-31-29-26-23-20-17-14-11-8-5-2/h8,11,14,17,20,23,26,29,31,33-34,36-37,39,57-59,63-64H,4-7,9-10,12-13,15-16,18-19,21-22,24-25,27-28,30,32,35,38,40-56H2,1-3H3,(H,62,65)/b11-8-,17-14+,23-20+,29-26-,33-31+,37-34+,39-36+. The number of aliphatic hydroxyl groups excluding tert-OH is 2. The van der Waals surface area contributed by atoms with Crippen molar-refractivity contribution >= 4 is 11.9 Å². The third kappa shape index (κ3) is 49.3. The number of amides is 1. The van der Waals surface area contributed by atoms with E-state index >= 15 is 0 Å². The molecule has 0 aliphatic heterocycles. The van der Waals surface area contributed by atoms with Gasteiger partial charge in [-0.05, 0) is 70.6 Å². The number of esters is 1. The van der Waals surface area contributed by atoms with E-state index in [4.69, 9.17) is 4.74 Å². The number of carbonyl (C=O) groups excluding carboxylic acids is 2. The van der Waals surface area contributed by atoms with E-state index in [1.165, 1.54) is 135 Å². The monoisotopic (exact) mass is 934 g/mol. The molecule has 0 bridgehead atoms. The van der Waals surface area contributed by atoms with Crippen LogP contribution in [-0.4, -0.2) is 46.9 Å². The minimum absolute atomic E-state index is 0.0455. The predicted molar refractivity (Wildman–Crippen MR) is 291 cm³/mol. The van der Waals surface area contributed by atoms with Crippen LogP contribution >= 0.6 is 0 Å². The van der Waals surface area contributed by atoms with Gasteiger partial charge in [0, 0.05) is 6.42 Å². The van der Waals surface area contributed by atoms with E-state index in [0.29, 0.717) is 19.3 Å². The third-order valence-corrected chi connectivity index (χ3v) is 12.6. The first-order chi connectivity index (χ1) is 33.0. The lowest BCUT2D eigenvalue weighted by molar-refractivity contribution is -0.151. The second-order valence-electron chi connectivity index (χ2n) is 19.1. The van der Waals surface area contributed by atoms with Crippen molar-refractivity contribution in [3.63, 3.8) is 0 Å². The van der Waals surface area contributed by atoms with Crippen molar-refractivity contribution < 1.29 is 24.5 Å². The summed E-state index contributed by atoms with van der Waals surface area (Å²) >= 11 is 0. The van der Waals surface area contributed by atoms with Crippen LogP contribution in [0.25, 0.3) is 0 Å². The molecule has 6 heteroatoms. The van der Waals surface area contributed by atoms with Crippen molar-refractivity contribution in [3.8, 4) is 0 Å². The number of ether oxygens (including phenoxy) is 1. The molecular formula is C61H107NO5. The number of rotatable bonds is 50. The van der Waals surface area contributed by atoms with E-state index in [9.17, 15) is 19.8 Å². The highest BCUT2D eigenvalue weighted by molar-refractivity contribution is 5.77. The molecule has 0 aromatic rings. The van der Waals surface area contributed by atoms with Gasteiger partial charge in [0.15, 0.2) is 0 Å². The second kappa shape index (κ2) is 54.0. The highest BCUT2D eigenvalue weighted by atomic mass is 16.5. The Balaban J connectivity index is 4.64. The van der Waals surface area contributed by atoms with Crippen LogP contribution in [0.1, 0.15) is 265 Å². The average molecular weight is 935 g/mol. The molecule has 0 aromatic carbocycles. The fourth-order valence-electron chi connectivity index (χ4n) is 8.34. The summed E-state index contributed by atoms with van der Waals surface area (Å²) in [6, 6.07) is -0.721. The third-order valence-electron chi connectivity index (χ3n) is 12.6. The van der Waals surface area contributed by atoms with E-state index < -0.39 is 18.2 Å². The van der Waals surface area contributed by atoms with Crippen LogP contribution in [0, 0.1) is 0 Å². The summed E-state index contributed by atoms with van der Waals surface area (Å²) in [6.07, 6.45) is 70.7. The summed E-state index contributed by atoms with van der Waals surface area (Å²) in [5.41, 5.74) is 0. The maximum atomic E-state index is 13.3. The predicted octanol–water partition coefficient (Wildman–Crippen LogP) is 17.5. The van der Waals surface area contributed by atoms with E-state index in [1.807, 2.05) is 48.6 Å². The highest BCUT2D eigenvalue weighted by Crippen LogP contribution is 2.18. The molecule has 0 saturated heterocycles. The van der Waals surface area contributed by atoms with Crippen LogP contribution in [0.2, 0.25) is 0 Å². The van der Waals surface area contributed by atoms with Crippen molar-refractivity contribution in [1.82, 2.24) is 5.32 Å². The van der Waals surface area contributed by atoms with Crippen LogP contribution < -0.4 is 5.32 Å². The molecule has 386 valence electrons. The van der Waals surface area contributed by atoms with Crippen LogP contribution in [-0.2, 0) is 14.3 Å². The minimum atomic E-state index is -0.805. The Hall–Kier alpha value is -2.96. The van der Waals surface area contributed by atoms with Crippen LogP contribution in [0.5, 0.6) is 0 Å². The van der Waals surface area contributed by atoms with Gasteiger partial charge in [0.25, 0.3) is 0 Å². The number of unbranched alkanes of at least 4 members (excludes halogenated alkanes) is 29. The van der Waals surface area contributed by atoms with Gasteiger partial charge in [0.05, 0.1) is 25.2 Å². The second-order valence-corrected chi connectivity index (χ2v) is 19.1. The van der Waals surface area contributed by atoms with Crippen LogP contribution in [0.4, 0.5) is 0 Å². The molecule has 0 aromatic heterocycles. The summed E-state index contributed by atoms with van der Waals surface area (Å²) in [4.78, 5) is 26.2. The molecule has 3 atom stereocenters. The molecule has 3 unspecified atom stereocenters. The lowest BCUT2D eigenvalue weighted by Gasteiger charge is -2.24. The molecule has 67 heavy (non-hydrogen) atoms. The number of carbonyl (C=O) groups is 2. The highest BCUT2D eigenvalue weighted by Gasteiger charge is 2.24. The van der Waals surface area contributed by atoms with E-state index in [1.54, 1.807) is 0 Å². The molecule has 0 heterocycles. The van der Waals surface area contributed by atoms with Gasteiger partial charge in [0.1, 0.15) is 6.10 Å². The average Bonchev–Trinajstić information content (AvgIpc) is 3.32. The zero-order chi connectivity index (χ0) is 48.8. The van der Waals surface area contributed by atoms with Gasteiger partial charge >= 0.3 is 5.97 Å². The van der Waals surface area contributed by atoms with Crippen molar-refractivity contribution in [2.24, 2.45) is 0 Å². The molecule has 0 fully saturated rings. The molecule has 0 radical (unpaired) electrons.